The van der Waals surface area contributed by atoms with Gasteiger partial charge in [0.2, 0.25) is 11.8 Å². The molecule has 2 amide bonds. The third-order valence-corrected chi connectivity index (χ3v) is 9.13. The van der Waals surface area contributed by atoms with Crippen LogP contribution in [-0.4, -0.2) is 43.3 Å². The molecule has 0 saturated heterocycles. The van der Waals surface area contributed by atoms with E-state index >= 15 is 0 Å². The van der Waals surface area contributed by atoms with Crippen molar-refractivity contribution in [1.82, 2.24) is 10.6 Å². The summed E-state index contributed by atoms with van der Waals surface area (Å²) in [6, 6.07) is 17.7. The van der Waals surface area contributed by atoms with Gasteiger partial charge in [-0.25, -0.2) is 0 Å². The summed E-state index contributed by atoms with van der Waals surface area (Å²) in [7, 11) is 2.03. The standard InChI is InChI=1S/C31H38N4O2/c1-20(32-28(36)18-31-15-21-12-22(16-31)14-23(13-21)17-31)30(37)34-27-19-35(2)26-11-7-6-10-25(26)29(33-27)24-8-4-3-5-9-24/h3-11,20-23,27H,12-19H2,1-2H3,(H,32,36)(H,34,37)/t20?,21?,22?,23?,27-,31?/m1/s1. The van der Waals surface area contributed by atoms with Crippen molar-refractivity contribution < 1.29 is 9.59 Å². The van der Waals surface area contributed by atoms with Gasteiger partial charge in [-0.05, 0) is 74.7 Å². The quantitative estimate of drug-likeness (QED) is 0.615. The van der Waals surface area contributed by atoms with E-state index in [2.05, 4.69) is 27.7 Å². The van der Waals surface area contributed by atoms with Crippen molar-refractivity contribution in [1.29, 1.82) is 0 Å². The number of likely N-dealkylation sites (N-methyl/N-ethyl adjacent to an activating group) is 1. The van der Waals surface area contributed by atoms with Crippen LogP contribution < -0.4 is 15.5 Å². The molecule has 0 spiro atoms. The minimum atomic E-state index is -0.604. The first kappa shape index (κ1) is 24.2. The Balaban J connectivity index is 1.14. The Morgan fingerprint density at radius 3 is 2.27 bits per heavy atom. The molecule has 2 atom stereocenters. The summed E-state index contributed by atoms with van der Waals surface area (Å²) in [5.74, 6) is 2.26. The van der Waals surface area contributed by atoms with Crippen LogP contribution in [0, 0.1) is 23.2 Å². The fourth-order valence-corrected chi connectivity index (χ4v) is 8.03. The maximum atomic E-state index is 13.2. The van der Waals surface area contributed by atoms with Crippen molar-refractivity contribution >= 4 is 23.2 Å². The molecule has 7 rings (SSSR count). The van der Waals surface area contributed by atoms with E-state index in [-0.39, 0.29) is 17.2 Å². The van der Waals surface area contributed by atoms with Gasteiger partial charge < -0.3 is 15.5 Å². The van der Waals surface area contributed by atoms with Crippen LogP contribution in [0.5, 0.6) is 0 Å². The van der Waals surface area contributed by atoms with Crippen molar-refractivity contribution in [2.45, 2.75) is 64.1 Å². The lowest BCUT2D eigenvalue weighted by Crippen LogP contribution is -2.52. The summed E-state index contributed by atoms with van der Waals surface area (Å²) < 4.78 is 0. The molecule has 6 nitrogen and oxygen atoms in total. The van der Waals surface area contributed by atoms with Gasteiger partial charge >= 0.3 is 0 Å². The predicted molar refractivity (Wildman–Crippen MR) is 147 cm³/mol. The third-order valence-electron chi connectivity index (χ3n) is 9.13. The largest absolute Gasteiger partial charge is 0.370 e. The summed E-state index contributed by atoms with van der Waals surface area (Å²) in [6.45, 7) is 2.33. The summed E-state index contributed by atoms with van der Waals surface area (Å²) >= 11 is 0. The Kier molecular flexibility index (Phi) is 6.29. The van der Waals surface area contributed by atoms with E-state index in [4.69, 9.17) is 4.99 Å². The van der Waals surface area contributed by atoms with Gasteiger partial charge in [0, 0.05) is 30.3 Å². The molecule has 1 aliphatic heterocycles. The molecule has 194 valence electrons. The van der Waals surface area contributed by atoms with Gasteiger partial charge in [-0.3, -0.25) is 14.6 Å². The van der Waals surface area contributed by atoms with Gasteiger partial charge in [0.05, 0.1) is 12.3 Å². The number of nitrogens with one attached hydrogen (secondary N) is 2. The van der Waals surface area contributed by atoms with E-state index in [0.29, 0.717) is 13.0 Å². The van der Waals surface area contributed by atoms with Gasteiger partial charge in [-0.1, -0.05) is 48.5 Å². The summed E-state index contributed by atoms with van der Waals surface area (Å²) in [6.07, 6.45) is 7.81. The minimum absolute atomic E-state index is 0.0171. The zero-order chi connectivity index (χ0) is 25.6. The van der Waals surface area contributed by atoms with Crippen LogP contribution in [-0.2, 0) is 9.59 Å². The number of hydrogen-bond donors (Lipinski definition) is 2. The van der Waals surface area contributed by atoms with Gasteiger partial charge in [0.15, 0.2) is 0 Å². The van der Waals surface area contributed by atoms with Gasteiger partial charge in [-0.15, -0.1) is 0 Å². The van der Waals surface area contributed by atoms with Crippen molar-refractivity contribution in [3.63, 3.8) is 0 Å². The fourth-order valence-electron chi connectivity index (χ4n) is 8.03. The average molecular weight is 499 g/mol. The SMILES string of the molecule is CC(NC(=O)CC12CC3CC(CC(C3)C1)C2)C(=O)N[C@@H]1CN(C)c2ccccc2C(c2ccccc2)=N1. The number of benzene rings is 2. The van der Waals surface area contributed by atoms with E-state index in [9.17, 15) is 9.59 Å². The van der Waals surface area contributed by atoms with Gasteiger partial charge in [-0.2, -0.15) is 0 Å². The highest BCUT2D eigenvalue weighted by atomic mass is 16.2. The third kappa shape index (κ3) is 4.90. The number of anilines is 1. The van der Waals surface area contributed by atoms with Crippen LogP contribution in [0.2, 0.25) is 0 Å². The monoisotopic (exact) mass is 498 g/mol. The van der Waals surface area contributed by atoms with E-state index in [0.717, 1.165) is 40.3 Å². The molecule has 0 radical (unpaired) electrons. The number of carbonyl (C=O) groups is 2. The molecule has 4 fully saturated rings. The van der Waals surface area contributed by atoms with Crippen LogP contribution in [0.25, 0.3) is 0 Å². The first-order chi connectivity index (χ1) is 17.9. The number of fused-ring (bicyclic) bond motifs is 1. The lowest BCUT2D eigenvalue weighted by Gasteiger charge is -2.56. The van der Waals surface area contributed by atoms with Crippen molar-refractivity contribution in [3.05, 3.63) is 65.7 Å². The topological polar surface area (TPSA) is 73.8 Å². The van der Waals surface area contributed by atoms with Crippen LogP contribution in [0.1, 0.15) is 63.0 Å². The number of carbonyl (C=O) groups excluding carboxylic acids is 2. The van der Waals surface area contributed by atoms with Crippen LogP contribution in [0.3, 0.4) is 0 Å². The molecule has 1 heterocycles. The zero-order valence-electron chi connectivity index (χ0n) is 22.0. The molecule has 2 aromatic rings. The lowest BCUT2D eigenvalue weighted by molar-refractivity contribution is -0.133. The van der Waals surface area contributed by atoms with E-state index in [1.807, 2.05) is 49.5 Å². The summed E-state index contributed by atoms with van der Waals surface area (Å²) in [5.41, 5.74) is 4.18. The lowest BCUT2D eigenvalue weighted by atomic mass is 9.49. The number of nitrogens with zero attached hydrogens (tertiary/aromatic N) is 2. The Hall–Kier alpha value is -3.15. The smallest absolute Gasteiger partial charge is 0.243 e. The number of hydrogen-bond acceptors (Lipinski definition) is 4. The van der Waals surface area contributed by atoms with Crippen molar-refractivity contribution in [2.75, 3.05) is 18.5 Å². The number of rotatable bonds is 6. The maximum Gasteiger partial charge on any atom is 0.243 e. The molecule has 2 aromatic carbocycles. The Morgan fingerprint density at radius 1 is 0.973 bits per heavy atom. The molecule has 1 unspecified atom stereocenters. The van der Waals surface area contributed by atoms with E-state index in [1.165, 1.54) is 38.5 Å². The van der Waals surface area contributed by atoms with Gasteiger partial charge in [0.1, 0.15) is 12.2 Å². The van der Waals surface area contributed by atoms with Crippen LogP contribution >= 0.6 is 0 Å². The Labute approximate surface area is 219 Å². The maximum absolute atomic E-state index is 13.2. The zero-order valence-corrected chi connectivity index (χ0v) is 22.0. The second-order valence-electron chi connectivity index (χ2n) is 12.1. The summed E-state index contributed by atoms with van der Waals surface area (Å²) in [5, 5.41) is 6.12. The highest BCUT2D eigenvalue weighted by molar-refractivity contribution is 6.16. The number of para-hydroxylation sites is 1. The van der Waals surface area contributed by atoms with E-state index in [1.54, 1.807) is 6.92 Å². The predicted octanol–water partition coefficient (Wildman–Crippen LogP) is 4.53. The average Bonchev–Trinajstić information content (AvgIpc) is 2.99. The van der Waals surface area contributed by atoms with E-state index < -0.39 is 12.2 Å². The molecular formula is C31H38N4O2. The summed E-state index contributed by atoms with van der Waals surface area (Å²) in [4.78, 5) is 33.5. The molecule has 4 bridgehead atoms. The minimum Gasteiger partial charge on any atom is -0.370 e. The first-order valence-electron chi connectivity index (χ1n) is 13.9. The number of aliphatic imine (C=N–C) groups is 1. The molecule has 5 aliphatic rings. The molecule has 4 saturated carbocycles. The van der Waals surface area contributed by atoms with Crippen LogP contribution in [0.4, 0.5) is 5.69 Å². The second-order valence-corrected chi connectivity index (χ2v) is 12.1. The molecule has 0 aromatic heterocycles. The first-order valence-corrected chi connectivity index (χ1v) is 13.9. The molecular weight excluding hydrogens is 460 g/mol. The molecule has 37 heavy (non-hydrogen) atoms. The number of amides is 2. The molecule has 2 N–H and O–H groups in total. The van der Waals surface area contributed by atoms with Gasteiger partial charge in [0.25, 0.3) is 0 Å². The van der Waals surface area contributed by atoms with Crippen molar-refractivity contribution in [3.8, 4) is 0 Å². The van der Waals surface area contributed by atoms with Crippen LogP contribution in [0.15, 0.2) is 59.6 Å². The highest BCUT2D eigenvalue weighted by Crippen LogP contribution is 2.61. The molecule has 6 heteroatoms. The Morgan fingerprint density at radius 2 is 1.59 bits per heavy atom. The fraction of sp³-hybridized carbons (Fsp3) is 0.516. The molecule has 4 aliphatic carbocycles. The highest BCUT2D eigenvalue weighted by Gasteiger charge is 2.51. The Bertz CT molecular complexity index is 1170. The number of benzodiazepines with no additional fused rings is 1. The van der Waals surface area contributed by atoms with Crippen molar-refractivity contribution in [2.24, 2.45) is 28.2 Å². The second kappa shape index (κ2) is 9.62. The normalized spacial score (nSPS) is 30.6.